The number of phenolic OH excluding ortho intramolecular Hbond substituents is 1. The van der Waals surface area contributed by atoms with Gasteiger partial charge in [-0.1, -0.05) is 96.1 Å². The zero-order valence-electron chi connectivity index (χ0n) is 23.9. The molecule has 0 amide bonds. The van der Waals surface area contributed by atoms with Gasteiger partial charge in [-0.2, -0.15) is 0 Å². The number of ether oxygens (including phenoxy) is 2. The Morgan fingerprint density at radius 2 is 0.684 bits per heavy atom. The van der Waals surface area contributed by atoms with Gasteiger partial charge in [-0.05, 0) is 69.8 Å². The lowest BCUT2D eigenvalue weighted by molar-refractivity contribution is 0.414. The molecule has 198 valence electrons. The van der Waals surface area contributed by atoms with Crippen molar-refractivity contribution in [2.45, 2.75) is 57.8 Å². The minimum Gasteiger partial charge on any atom is -0.508 e. The average Bonchev–Trinajstić information content (AvgIpc) is 2.93. The van der Waals surface area contributed by atoms with Crippen LogP contribution < -0.4 is 9.47 Å². The van der Waals surface area contributed by atoms with Crippen LogP contribution >= 0.6 is 0 Å². The zero-order chi connectivity index (χ0) is 27.7. The largest absolute Gasteiger partial charge is 0.508 e. The highest BCUT2D eigenvalue weighted by Gasteiger charge is 2.32. The minimum atomic E-state index is -0.273. The van der Waals surface area contributed by atoms with Crippen LogP contribution in [0.15, 0.2) is 91.0 Å². The van der Waals surface area contributed by atoms with Crippen LogP contribution in [0, 0.1) is 0 Å². The van der Waals surface area contributed by atoms with Crippen LogP contribution in [-0.4, -0.2) is 19.3 Å². The number of aromatic hydroxyl groups is 1. The Morgan fingerprint density at radius 1 is 0.421 bits per heavy atom. The van der Waals surface area contributed by atoms with E-state index in [9.17, 15) is 5.11 Å². The minimum absolute atomic E-state index is 0.238. The molecule has 0 saturated carbocycles. The van der Waals surface area contributed by atoms with Crippen LogP contribution in [0.5, 0.6) is 17.2 Å². The van der Waals surface area contributed by atoms with Crippen molar-refractivity contribution in [1.29, 1.82) is 0 Å². The summed E-state index contributed by atoms with van der Waals surface area (Å²) in [5.74, 6) is 1.99. The zero-order valence-corrected chi connectivity index (χ0v) is 23.9. The van der Waals surface area contributed by atoms with Gasteiger partial charge in [0.15, 0.2) is 0 Å². The van der Waals surface area contributed by atoms with E-state index in [1.807, 2.05) is 36.4 Å². The predicted octanol–water partition coefficient (Wildman–Crippen LogP) is 8.39. The molecular formula is C35H40O3. The summed E-state index contributed by atoms with van der Waals surface area (Å²) in [5, 5.41) is 9.90. The molecule has 0 bridgehead atoms. The molecule has 0 aliphatic carbocycles. The number of phenols is 1. The quantitative estimate of drug-likeness (QED) is 0.260. The summed E-state index contributed by atoms with van der Waals surface area (Å²) in [6.45, 7) is 13.6. The normalized spacial score (nSPS) is 12.3. The number of rotatable bonds is 8. The molecule has 4 aromatic carbocycles. The Labute approximate surface area is 228 Å². The van der Waals surface area contributed by atoms with E-state index >= 15 is 0 Å². The topological polar surface area (TPSA) is 38.7 Å². The highest BCUT2D eigenvalue weighted by Crippen LogP contribution is 2.42. The van der Waals surface area contributed by atoms with E-state index in [-0.39, 0.29) is 22.0 Å². The van der Waals surface area contributed by atoms with Crippen LogP contribution in [-0.2, 0) is 16.2 Å². The third kappa shape index (κ3) is 5.15. The molecular weight excluding hydrogens is 468 g/mol. The fourth-order valence-electron chi connectivity index (χ4n) is 5.10. The summed E-state index contributed by atoms with van der Waals surface area (Å²) in [7, 11) is 3.39. The maximum Gasteiger partial charge on any atom is 0.118 e. The molecule has 4 aromatic rings. The molecule has 0 heterocycles. The van der Waals surface area contributed by atoms with Gasteiger partial charge in [0.2, 0.25) is 0 Å². The molecule has 3 nitrogen and oxygen atoms in total. The maximum absolute atomic E-state index is 9.90. The van der Waals surface area contributed by atoms with Gasteiger partial charge < -0.3 is 14.6 Å². The molecule has 38 heavy (non-hydrogen) atoms. The lowest BCUT2D eigenvalue weighted by atomic mass is 9.69. The van der Waals surface area contributed by atoms with Crippen molar-refractivity contribution < 1.29 is 14.6 Å². The van der Waals surface area contributed by atoms with Crippen molar-refractivity contribution in [1.82, 2.24) is 0 Å². The first kappa shape index (κ1) is 27.3. The Hall–Kier alpha value is -3.72. The Balaban J connectivity index is 1.91. The average molecular weight is 509 g/mol. The molecule has 0 saturated heterocycles. The number of hydrogen-bond acceptors (Lipinski definition) is 3. The number of methoxy groups -OCH3 is 2. The van der Waals surface area contributed by atoms with Gasteiger partial charge in [-0.15, -0.1) is 0 Å². The maximum atomic E-state index is 9.90. The van der Waals surface area contributed by atoms with E-state index < -0.39 is 0 Å². The van der Waals surface area contributed by atoms with Crippen molar-refractivity contribution in [3.63, 3.8) is 0 Å². The Kier molecular flexibility index (Phi) is 7.34. The van der Waals surface area contributed by atoms with Gasteiger partial charge in [0.05, 0.1) is 14.2 Å². The van der Waals surface area contributed by atoms with Gasteiger partial charge >= 0.3 is 0 Å². The summed E-state index contributed by atoms with van der Waals surface area (Å²) >= 11 is 0. The monoisotopic (exact) mass is 508 g/mol. The fourth-order valence-corrected chi connectivity index (χ4v) is 5.10. The first-order valence-electron chi connectivity index (χ1n) is 13.1. The van der Waals surface area contributed by atoms with Gasteiger partial charge in [0.1, 0.15) is 17.2 Å². The van der Waals surface area contributed by atoms with E-state index in [0.717, 1.165) is 17.1 Å². The van der Waals surface area contributed by atoms with Crippen LogP contribution in [0.1, 0.15) is 74.9 Å². The van der Waals surface area contributed by atoms with Gasteiger partial charge in [0.25, 0.3) is 0 Å². The van der Waals surface area contributed by atoms with E-state index in [0.29, 0.717) is 0 Å². The Morgan fingerprint density at radius 3 is 0.947 bits per heavy atom. The first-order valence-corrected chi connectivity index (χ1v) is 13.1. The van der Waals surface area contributed by atoms with Crippen LogP contribution in [0.25, 0.3) is 0 Å². The van der Waals surface area contributed by atoms with Crippen LogP contribution in [0.3, 0.4) is 0 Å². The SMILES string of the molecule is COc1ccc(C(C)(C)c2cc(C(C)(C)c3ccc(O)cc3)cc(C(C)(C)c3ccc(OC)cc3)c2)cc1. The van der Waals surface area contributed by atoms with Crippen molar-refractivity contribution in [2.24, 2.45) is 0 Å². The highest BCUT2D eigenvalue weighted by atomic mass is 16.5. The standard InChI is InChI=1S/C35H40O3/c1-33(2,24-9-15-30(36)16-10-24)27-21-28(34(3,4)25-11-17-31(37-7)18-12-25)23-29(22-27)35(5,6)26-13-19-32(38-8)20-14-26/h9-23,36H,1-8H3. The molecule has 0 aliphatic heterocycles. The second-order valence-corrected chi connectivity index (χ2v) is 11.7. The summed E-state index contributed by atoms with van der Waals surface area (Å²) in [6, 6.07) is 31.4. The van der Waals surface area contributed by atoms with E-state index in [1.54, 1.807) is 26.4 Å². The molecule has 0 unspecified atom stereocenters. The summed E-state index contributed by atoms with van der Waals surface area (Å²) in [4.78, 5) is 0. The summed E-state index contributed by atoms with van der Waals surface area (Å²) in [5.41, 5.74) is 6.60. The third-order valence-electron chi connectivity index (χ3n) is 8.31. The van der Waals surface area contributed by atoms with E-state index in [2.05, 4.69) is 84.0 Å². The number of benzene rings is 4. The summed E-state index contributed by atoms with van der Waals surface area (Å²) in [6.07, 6.45) is 0. The lowest BCUT2D eigenvalue weighted by Crippen LogP contribution is -2.26. The smallest absolute Gasteiger partial charge is 0.118 e. The predicted molar refractivity (Wildman–Crippen MR) is 157 cm³/mol. The third-order valence-corrected chi connectivity index (χ3v) is 8.31. The van der Waals surface area contributed by atoms with Crippen LogP contribution in [0.2, 0.25) is 0 Å². The molecule has 0 spiro atoms. The molecule has 0 aromatic heterocycles. The van der Waals surface area contributed by atoms with Gasteiger partial charge in [-0.3, -0.25) is 0 Å². The van der Waals surface area contributed by atoms with Gasteiger partial charge in [0, 0.05) is 16.2 Å². The first-order chi connectivity index (χ1) is 17.9. The summed E-state index contributed by atoms with van der Waals surface area (Å²) < 4.78 is 10.8. The molecule has 4 rings (SSSR count). The second kappa shape index (κ2) is 10.2. The Bertz CT molecular complexity index is 1300. The number of hydrogen-bond donors (Lipinski definition) is 1. The van der Waals surface area contributed by atoms with Gasteiger partial charge in [-0.25, -0.2) is 0 Å². The fraction of sp³-hybridized carbons (Fsp3) is 0.314. The molecule has 1 N–H and O–H groups in total. The lowest BCUT2D eigenvalue weighted by Gasteiger charge is -2.35. The second-order valence-electron chi connectivity index (χ2n) is 11.7. The van der Waals surface area contributed by atoms with Crippen LogP contribution in [0.4, 0.5) is 0 Å². The molecule has 0 radical (unpaired) electrons. The molecule has 0 atom stereocenters. The van der Waals surface area contributed by atoms with Crippen molar-refractivity contribution >= 4 is 0 Å². The van der Waals surface area contributed by atoms with E-state index in [4.69, 9.17) is 9.47 Å². The van der Waals surface area contributed by atoms with Crippen molar-refractivity contribution in [3.05, 3.63) is 124 Å². The van der Waals surface area contributed by atoms with Crippen molar-refractivity contribution in [2.75, 3.05) is 14.2 Å². The van der Waals surface area contributed by atoms with E-state index in [1.165, 1.54) is 27.8 Å². The highest BCUT2D eigenvalue weighted by molar-refractivity contribution is 5.51. The molecule has 0 aliphatic rings. The molecule has 0 fully saturated rings. The molecule has 3 heteroatoms. The van der Waals surface area contributed by atoms with Crippen molar-refractivity contribution in [3.8, 4) is 17.2 Å².